The summed E-state index contributed by atoms with van der Waals surface area (Å²) >= 11 is 0. The zero-order valence-electron chi connectivity index (χ0n) is 22.0. The van der Waals surface area contributed by atoms with Gasteiger partial charge >= 0.3 is 0 Å². The van der Waals surface area contributed by atoms with Gasteiger partial charge in [0.15, 0.2) is 11.6 Å². The van der Waals surface area contributed by atoms with Gasteiger partial charge in [0, 0.05) is 18.7 Å². The van der Waals surface area contributed by atoms with E-state index in [1.165, 1.54) is 28.2 Å². The minimum Gasteiger partial charge on any atom is -0.505 e. The molecular weight excluding hydrogens is 483 g/mol. The Kier molecular flexibility index (Phi) is 7.75. The maximum absolute atomic E-state index is 14.0. The first-order chi connectivity index (χ1) is 18.4. The van der Waals surface area contributed by atoms with Crippen molar-refractivity contribution < 1.29 is 23.8 Å². The molecule has 2 aromatic rings. The number of hydrogen-bond acceptors (Lipinski definition) is 5. The summed E-state index contributed by atoms with van der Waals surface area (Å²) in [6.07, 6.45) is 8.12. The number of imide groups is 1. The maximum atomic E-state index is 14.0. The highest BCUT2D eigenvalue weighted by molar-refractivity contribution is 6.06. The lowest BCUT2D eigenvalue weighted by atomic mass is 9.68. The molecule has 4 atom stereocenters. The number of carbonyl (C=O) groups is 2. The highest BCUT2D eigenvalue weighted by Crippen LogP contribution is 2.50. The van der Waals surface area contributed by atoms with Gasteiger partial charge in [0.2, 0.25) is 11.8 Å². The van der Waals surface area contributed by atoms with Crippen LogP contribution in [0.1, 0.15) is 63.6 Å². The fourth-order valence-corrected chi connectivity index (χ4v) is 6.45. The molecule has 0 spiro atoms. The number of pyridine rings is 1. The molecule has 1 aliphatic carbocycles. The number of benzene rings is 1. The van der Waals surface area contributed by atoms with Crippen LogP contribution in [0.5, 0.6) is 5.75 Å². The average molecular weight is 519 g/mol. The summed E-state index contributed by atoms with van der Waals surface area (Å²) in [5, 5.41) is 9.59. The molecule has 38 heavy (non-hydrogen) atoms. The van der Waals surface area contributed by atoms with E-state index in [1.807, 2.05) is 31.2 Å². The Morgan fingerprint density at radius 3 is 2.71 bits per heavy atom. The Balaban J connectivity index is 1.42. The summed E-state index contributed by atoms with van der Waals surface area (Å²) in [5.74, 6) is -1.73. The standard InChI is InChI=1S/C31H35FN2O4/c1-3-7-21-17-22-29(31(37)34(14-4-2)30(22)36)23-18-38-27(28(21)23)12-10-20(25-8-5-6-13-33-25)15-19-9-11-26(35)24(32)16-19/h5-6,8-9,11,13,15-16,22-23,27,29,35H,3-4,7,10,12,14,17-18H2,1-2H3/b20-15-/t22-,23+,27-,29-/m1/s1. The average Bonchev–Trinajstić information content (AvgIpc) is 3.44. The molecule has 0 radical (unpaired) electrons. The number of allylic oxidation sites excluding steroid dienone is 2. The number of aromatic nitrogens is 1. The molecule has 0 unspecified atom stereocenters. The molecule has 2 fully saturated rings. The lowest BCUT2D eigenvalue weighted by molar-refractivity contribution is -0.140. The second-order valence-electron chi connectivity index (χ2n) is 10.5. The minimum absolute atomic E-state index is 0.0144. The summed E-state index contributed by atoms with van der Waals surface area (Å²) in [7, 11) is 0. The first-order valence-electron chi connectivity index (χ1n) is 13.7. The van der Waals surface area contributed by atoms with Gasteiger partial charge in [-0.15, -0.1) is 0 Å². The van der Waals surface area contributed by atoms with Crippen LogP contribution in [-0.4, -0.2) is 46.1 Å². The summed E-state index contributed by atoms with van der Waals surface area (Å²) in [4.78, 5) is 32.5. The van der Waals surface area contributed by atoms with E-state index >= 15 is 0 Å². The predicted octanol–water partition coefficient (Wildman–Crippen LogP) is 5.77. The minimum atomic E-state index is -0.667. The Labute approximate surface area is 223 Å². The second kappa shape index (κ2) is 11.2. The Bertz CT molecular complexity index is 1270. The van der Waals surface area contributed by atoms with Crippen LogP contribution in [0.2, 0.25) is 0 Å². The Morgan fingerprint density at radius 2 is 2.00 bits per heavy atom. The number of halogens is 1. The van der Waals surface area contributed by atoms with Crippen molar-refractivity contribution in [2.75, 3.05) is 13.2 Å². The van der Waals surface area contributed by atoms with Crippen LogP contribution in [0.25, 0.3) is 11.6 Å². The van der Waals surface area contributed by atoms with E-state index in [0.717, 1.165) is 30.5 Å². The molecule has 200 valence electrons. The van der Waals surface area contributed by atoms with Gasteiger partial charge in [0.1, 0.15) is 0 Å². The van der Waals surface area contributed by atoms with Gasteiger partial charge in [0.25, 0.3) is 0 Å². The Morgan fingerprint density at radius 1 is 1.16 bits per heavy atom. The number of fused-ring (bicyclic) bond motifs is 3. The number of hydrogen-bond donors (Lipinski definition) is 1. The number of rotatable bonds is 9. The lowest BCUT2D eigenvalue weighted by Gasteiger charge is -2.32. The zero-order valence-corrected chi connectivity index (χ0v) is 22.0. The van der Waals surface area contributed by atoms with Gasteiger partial charge in [0.05, 0.1) is 30.2 Å². The number of carbonyl (C=O) groups excluding carboxylic acids is 2. The summed E-state index contributed by atoms with van der Waals surface area (Å²) < 4.78 is 20.4. The molecule has 1 aromatic carbocycles. The third-order valence-corrected chi connectivity index (χ3v) is 8.08. The van der Waals surface area contributed by atoms with Crippen molar-refractivity contribution in [3.63, 3.8) is 0 Å². The molecule has 3 aliphatic rings. The molecule has 2 saturated heterocycles. The molecule has 0 bridgehead atoms. The summed E-state index contributed by atoms with van der Waals surface area (Å²) in [6, 6.07) is 10.0. The monoisotopic (exact) mass is 518 g/mol. The van der Waals surface area contributed by atoms with Crippen LogP contribution in [0, 0.1) is 23.6 Å². The first-order valence-corrected chi connectivity index (χ1v) is 13.7. The molecule has 1 aromatic heterocycles. The fraction of sp³-hybridized carbons (Fsp3) is 0.452. The van der Waals surface area contributed by atoms with Gasteiger partial charge < -0.3 is 9.84 Å². The number of amides is 2. The van der Waals surface area contributed by atoms with Gasteiger partial charge in [-0.1, -0.05) is 38.0 Å². The number of phenolic OH excluding ortho intramolecular Hbond substituents is 1. The summed E-state index contributed by atoms with van der Waals surface area (Å²) in [5.41, 5.74) is 4.89. The van der Waals surface area contributed by atoms with Crippen molar-refractivity contribution in [3.05, 3.63) is 70.8 Å². The molecule has 6 nitrogen and oxygen atoms in total. The number of nitrogens with zero attached hydrogens (tertiary/aromatic N) is 2. The molecule has 2 amide bonds. The Hall–Kier alpha value is -3.32. The smallest absolute Gasteiger partial charge is 0.233 e. The van der Waals surface area contributed by atoms with Crippen LogP contribution in [0.4, 0.5) is 4.39 Å². The molecule has 1 N–H and O–H groups in total. The van der Waals surface area contributed by atoms with E-state index in [9.17, 15) is 19.1 Å². The van der Waals surface area contributed by atoms with Crippen molar-refractivity contribution >= 4 is 23.5 Å². The third-order valence-electron chi connectivity index (χ3n) is 8.08. The van der Waals surface area contributed by atoms with Crippen LogP contribution in [-0.2, 0) is 14.3 Å². The van der Waals surface area contributed by atoms with Crippen molar-refractivity contribution in [1.82, 2.24) is 9.88 Å². The first kappa shape index (κ1) is 26.3. The second-order valence-corrected chi connectivity index (χ2v) is 10.5. The molecule has 7 heteroatoms. The van der Waals surface area contributed by atoms with Gasteiger partial charge in [-0.3, -0.25) is 19.5 Å². The molecule has 2 aliphatic heterocycles. The van der Waals surface area contributed by atoms with E-state index in [0.29, 0.717) is 38.0 Å². The summed E-state index contributed by atoms with van der Waals surface area (Å²) in [6.45, 7) is 5.07. The van der Waals surface area contributed by atoms with Crippen LogP contribution in [0.3, 0.4) is 0 Å². The zero-order chi connectivity index (χ0) is 26.8. The fourth-order valence-electron chi connectivity index (χ4n) is 6.45. The van der Waals surface area contributed by atoms with E-state index in [-0.39, 0.29) is 41.4 Å². The largest absolute Gasteiger partial charge is 0.505 e. The van der Waals surface area contributed by atoms with Gasteiger partial charge in [-0.2, -0.15) is 0 Å². The SMILES string of the molecule is CCCC1=C2[C@@H](CC/C(=C/c3ccc(O)c(F)c3)c3ccccn3)OC[C@@H]2[C@@H]2C(=O)N(CCC)C(=O)[C@@H]2C1. The normalized spacial score (nSPS) is 25.2. The predicted molar refractivity (Wildman–Crippen MR) is 143 cm³/mol. The van der Waals surface area contributed by atoms with Crippen molar-refractivity contribution in [2.24, 2.45) is 17.8 Å². The van der Waals surface area contributed by atoms with E-state index < -0.39 is 5.82 Å². The molecule has 5 rings (SSSR count). The number of aromatic hydroxyl groups is 1. The van der Waals surface area contributed by atoms with E-state index in [4.69, 9.17) is 4.74 Å². The van der Waals surface area contributed by atoms with Crippen LogP contribution < -0.4 is 0 Å². The highest BCUT2D eigenvalue weighted by Gasteiger charge is 2.56. The lowest BCUT2D eigenvalue weighted by Crippen LogP contribution is -2.34. The molecular formula is C31H35FN2O4. The van der Waals surface area contributed by atoms with Gasteiger partial charge in [-0.05, 0) is 79.2 Å². The third kappa shape index (κ3) is 4.92. The van der Waals surface area contributed by atoms with Crippen molar-refractivity contribution in [2.45, 2.75) is 58.5 Å². The topological polar surface area (TPSA) is 79.7 Å². The van der Waals surface area contributed by atoms with Crippen molar-refractivity contribution in [3.8, 4) is 5.75 Å². The van der Waals surface area contributed by atoms with Crippen LogP contribution in [0.15, 0.2) is 53.7 Å². The number of phenols is 1. The van der Waals surface area contributed by atoms with Crippen LogP contribution >= 0.6 is 0 Å². The molecule has 0 saturated carbocycles. The molecule has 3 heterocycles. The highest BCUT2D eigenvalue weighted by atomic mass is 19.1. The number of ether oxygens (including phenoxy) is 1. The van der Waals surface area contributed by atoms with Gasteiger partial charge in [-0.25, -0.2) is 4.39 Å². The van der Waals surface area contributed by atoms with E-state index in [1.54, 1.807) is 12.3 Å². The maximum Gasteiger partial charge on any atom is 0.233 e. The van der Waals surface area contributed by atoms with E-state index in [2.05, 4.69) is 11.9 Å². The van der Waals surface area contributed by atoms with Crippen molar-refractivity contribution in [1.29, 1.82) is 0 Å². The number of likely N-dealkylation sites (tertiary alicyclic amines) is 1. The quantitative estimate of drug-likeness (QED) is 0.337.